The van der Waals surface area contributed by atoms with Crippen LogP contribution in [-0.2, 0) is 4.74 Å². The lowest BCUT2D eigenvalue weighted by Crippen LogP contribution is -2.36. The molecule has 0 spiro atoms. The second-order valence-corrected chi connectivity index (χ2v) is 5.27. The summed E-state index contributed by atoms with van der Waals surface area (Å²) in [7, 11) is 0. The van der Waals surface area contributed by atoms with Gasteiger partial charge in [-0.25, -0.2) is 0 Å². The van der Waals surface area contributed by atoms with Crippen molar-refractivity contribution in [3.8, 4) is 0 Å². The molecule has 1 saturated heterocycles. The van der Waals surface area contributed by atoms with Crippen LogP contribution in [0, 0.1) is 0 Å². The second kappa shape index (κ2) is 6.58. The average Bonchev–Trinajstić information content (AvgIpc) is 2.59. The summed E-state index contributed by atoms with van der Waals surface area (Å²) in [5, 5.41) is 3.50. The lowest BCUT2D eigenvalue weighted by atomic mass is 10.1. The standard InChI is InChI=1S/C13H28N2O/c1-5-15(6-2)10-9-14-11-12-7-8-13(3,4)16-12/h12,14H,5-11H2,1-4H3. The minimum absolute atomic E-state index is 0.102. The molecule has 1 atom stereocenters. The second-order valence-electron chi connectivity index (χ2n) is 5.27. The molecule has 3 heteroatoms. The summed E-state index contributed by atoms with van der Waals surface area (Å²) in [4.78, 5) is 2.44. The third kappa shape index (κ3) is 4.81. The van der Waals surface area contributed by atoms with Gasteiger partial charge >= 0.3 is 0 Å². The summed E-state index contributed by atoms with van der Waals surface area (Å²) in [6.07, 6.45) is 2.81. The molecule has 1 aliphatic rings. The van der Waals surface area contributed by atoms with Gasteiger partial charge < -0.3 is 15.0 Å². The molecule has 16 heavy (non-hydrogen) atoms. The molecule has 1 heterocycles. The highest BCUT2D eigenvalue weighted by Crippen LogP contribution is 2.28. The molecule has 3 nitrogen and oxygen atoms in total. The molecule has 1 fully saturated rings. The molecule has 0 aromatic rings. The van der Waals surface area contributed by atoms with E-state index in [1.807, 2.05) is 0 Å². The maximum atomic E-state index is 5.93. The summed E-state index contributed by atoms with van der Waals surface area (Å²) in [5.74, 6) is 0. The SMILES string of the molecule is CCN(CC)CCNCC1CCC(C)(C)O1. The molecule has 1 aliphatic heterocycles. The Morgan fingerprint density at radius 2 is 2.00 bits per heavy atom. The van der Waals surface area contributed by atoms with Crippen molar-refractivity contribution in [1.29, 1.82) is 0 Å². The molecule has 1 rings (SSSR count). The van der Waals surface area contributed by atoms with E-state index >= 15 is 0 Å². The number of nitrogens with one attached hydrogen (secondary N) is 1. The van der Waals surface area contributed by atoms with Gasteiger partial charge in [0.2, 0.25) is 0 Å². The number of rotatable bonds is 7. The van der Waals surface area contributed by atoms with Crippen molar-refractivity contribution in [2.24, 2.45) is 0 Å². The van der Waals surface area contributed by atoms with Crippen molar-refractivity contribution in [2.45, 2.75) is 52.2 Å². The van der Waals surface area contributed by atoms with Crippen LogP contribution >= 0.6 is 0 Å². The molecule has 96 valence electrons. The molecule has 0 amide bonds. The Balaban J connectivity index is 2.04. The van der Waals surface area contributed by atoms with Crippen molar-refractivity contribution in [3.63, 3.8) is 0 Å². The maximum absolute atomic E-state index is 5.93. The molecule has 0 saturated carbocycles. The molecule has 1 N–H and O–H groups in total. The molecule has 0 radical (unpaired) electrons. The summed E-state index contributed by atoms with van der Waals surface area (Å²) < 4.78 is 5.93. The van der Waals surface area contributed by atoms with E-state index in [0.717, 1.165) is 32.7 Å². The van der Waals surface area contributed by atoms with E-state index in [9.17, 15) is 0 Å². The quantitative estimate of drug-likeness (QED) is 0.673. The fourth-order valence-corrected chi connectivity index (χ4v) is 2.26. The van der Waals surface area contributed by atoms with Crippen molar-refractivity contribution in [3.05, 3.63) is 0 Å². The van der Waals surface area contributed by atoms with Crippen LogP contribution in [-0.4, -0.2) is 49.3 Å². The van der Waals surface area contributed by atoms with Gasteiger partial charge in [0.05, 0.1) is 11.7 Å². The monoisotopic (exact) mass is 228 g/mol. The molecular formula is C13H28N2O. The minimum atomic E-state index is 0.102. The van der Waals surface area contributed by atoms with Gasteiger partial charge in [-0.1, -0.05) is 13.8 Å². The smallest absolute Gasteiger partial charge is 0.0707 e. The first-order chi connectivity index (χ1) is 7.57. The van der Waals surface area contributed by atoms with Crippen LogP contribution < -0.4 is 5.32 Å². The number of hydrogen-bond acceptors (Lipinski definition) is 3. The van der Waals surface area contributed by atoms with Gasteiger partial charge in [0.1, 0.15) is 0 Å². The highest BCUT2D eigenvalue weighted by molar-refractivity contribution is 4.81. The zero-order valence-electron chi connectivity index (χ0n) is 11.4. The summed E-state index contributed by atoms with van der Waals surface area (Å²) >= 11 is 0. The van der Waals surface area contributed by atoms with Crippen LogP contribution in [0.15, 0.2) is 0 Å². The van der Waals surface area contributed by atoms with Gasteiger partial charge in [-0.3, -0.25) is 0 Å². The third-order valence-corrected chi connectivity index (χ3v) is 3.43. The van der Waals surface area contributed by atoms with E-state index in [1.165, 1.54) is 12.8 Å². The van der Waals surface area contributed by atoms with Gasteiger partial charge in [0.15, 0.2) is 0 Å². The molecule has 0 bridgehead atoms. The van der Waals surface area contributed by atoms with Crippen molar-refractivity contribution in [2.75, 3.05) is 32.7 Å². The Labute approximate surface area is 101 Å². The lowest BCUT2D eigenvalue weighted by Gasteiger charge is -2.21. The van der Waals surface area contributed by atoms with Crippen molar-refractivity contribution < 1.29 is 4.74 Å². The Morgan fingerprint density at radius 1 is 1.31 bits per heavy atom. The van der Waals surface area contributed by atoms with E-state index < -0.39 is 0 Å². The first-order valence-corrected chi connectivity index (χ1v) is 6.68. The van der Waals surface area contributed by atoms with Gasteiger partial charge in [-0.2, -0.15) is 0 Å². The lowest BCUT2D eigenvalue weighted by molar-refractivity contribution is -0.0142. The van der Waals surface area contributed by atoms with Crippen molar-refractivity contribution in [1.82, 2.24) is 10.2 Å². The van der Waals surface area contributed by atoms with Crippen LogP contribution in [0.2, 0.25) is 0 Å². The molecular weight excluding hydrogens is 200 g/mol. The predicted molar refractivity (Wildman–Crippen MR) is 68.8 cm³/mol. The largest absolute Gasteiger partial charge is 0.371 e. The van der Waals surface area contributed by atoms with Crippen LogP contribution in [0.1, 0.15) is 40.5 Å². The molecule has 0 aromatic carbocycles. The van der Waals surface area contributed by atoms with Crippen LogP contribution in [0.5, 0.6) is 0 Å². The van der Waals surface area contributed by atoms with Crippen LogP contribution in [0.25, 0.3) is 0 Å². The molecule has 0 aromatic heterocycles. The highest BCUT2D eigenvalue weighted by atomic mass is 16.5. The Bertz CT molecular complexity index is 190. The molecule has 1 unspecified atom stereocenters. The first-order valence-electron chi connectivity index (χ1n) is 6.68. The van der Waals surface area contributed by atoms with E-state index in [1.54, 1.807) is 0 Å². The van der Waals surface area contributed by atoms with E-state index in [0.29, 0.717) is 6.10 Å². The zero-order valence-corrected chi connectivity index (χ0v) is 11.4. The normalized spacial score (nSPS) is 24.2. The number of hydrogen-bond donors (Lipinski definition) is 1. The summed E-state index contributed by atoms with van der Waals surface area (Å²) in [6, 6.07) is 0. The number of nitrogens with zero attached hydrogens (tertiary/aromatic N) is 1. The van der Waals surface area contributed by atoms with Gasteiger partial charge in [0, 0.05) is 19.6 Å². The van der Waals surface area contributed by atoms with Crippen LogP contribution in [0.4, 0.5) is 0 Å². The number of ether oxygens (including phenoxy) is 1. The van der Waals surface area contributed by atoms with Crippen LogP contribution in [0.3, 0.4) is 0 Å². The van der Waals surface area contributed by atoms with E-state index in [4.69, 9.17) is 4.74 Å². The summed E-state index contributed by atoms with van der Waals surface area (Å²) in [5.41, 5.74) is 0.102. The maximum Gasteiger partial charge on any atom is 0.0707 e. The Morgan fingerprint density at radius 3 is 2.50 bits per heavy atom. The van der Waals surface area contributed by atoms with E-state index in [2.05, 4.69) is 37.9 Å². The molecule has 0 aliphatic carbocycles. The third-order valence-electron chi connectivity index (χ3n) is 3.43. The Hall–Kier alpha value is -0.120. The predicted octanol–water partition coefficient (Wildman–Crippen LogP) is 1.88. The number of likely N-dealkylation sites (N-methyl/N-ethyl adjacent to an activating group) is 1. The first kappa shape index (κ1) is 13.9. The minimum Gasteiger partial charge on any atom is -0.371 e. The van der Waals surface area contributed by atoms with Gasteiger partial charge in [0.25, 0.3) is 0 Å². The topological polar surface area (TPSA) is 24.5 Å². The van der Waals surface area contributed by atoms with E-state index in [-0.39, 0.29) is 5.60 Å². The highest BCUT2D eigenvalue weighted by Gasteiger charge is 2.30. The fraction of sp³-hybridized carbons (Fsp3) is 1.00. The fourth-order valence-electron chi connectivity index (χ4n) is 2.26. The average molecular weight is 228 g/mol. The Kier molecular flexibility index (Phi) is 5.73. The van der Waals surface area contributed by atoms with Crippen molar-refractivity contribution >= 4 is 0 Å². The van der Waals surface area contributed by atoms with Gasteiger partial charge in [-0.15, -0.1) is 0 Å². The zero-order chi connectivity index (χ0) is 12.0. The summed E-state index contributed by atoms with van der Waals surface area (Å²) in [6.45, 7) is 14.3. The van der Waals surface area contributed by atoms with Gasteiger partial charge in [-0.05, 0) is 39.8 Å².